The SMILES string of the molecule is CC(C)(C)[Si](C)(C)O[C@@H]1CCCO[C@@]1(C)CCO. The predicted molar refractivity (Wildman–Crippen MR) is 77.4 cm³/mol. The maximum absolute atomic E-state index is 9.24. The first kappa shape index (κ1) is 16.2. The van der Waals surface area contributed by atoms with E-state index in [4.69, 9.17) is 9.16 Å². The molecule has 1 aliphatic rings. The highest BCUT2D eigenvalue weighted by Gasteiger charge is 2.45. The van der Waals surface area contributed by atoms with E-state index in [1.807, 2.05) is 0 Å². The van der Waals surface area contributed by atoms with E-state index in [0.29, 0.717) is 6.42 Å². The van der Waals surface area contributed by atoms with Gasteiger partial charge in [-0.3, -0.25) is 0 Å². The maximum atomic E-state index is 9.24. The molecule has 108 valence electrons. The predicted octanol–water partition coefficient (Wildman–Crippen LogP) is 3.33. The smallest absolute Gasteiger partial charge is 0.192 e. The van der Waals surface area contributed by atoms with Gasteiger partial charge in [0.05, 0.1) is 11.7 Å². The Bertz CT molecular complexity index is 269. The van der Waals surface area contributed by atoms with Gasteiger partial charge < -0.3 is 14.3 Å². The van der Waals surface area contributed by atoms with Crippen LogP contribution in [0.4, 0.5) is 0 Å². The fourth-order valence-electron chi connectivity index (χ4n) is 2.14. The summed E-state index contributed by atoms with van der Waals surface area (Å²) in [5.74, 6) is 0. The summed E-state index contributed by atoms with van der Waals surface area (Å²) >= 11 is 0. The van der Waals surface area contributed by atoms with Crippen LogP contribution in [0.15, 0.2) is 0 Å². The molecule has 2 atom stereocenters. The molecule has 0 radical (unpaired) electrons. The Labute approximate surface area is 113 Å². The molecule has 1 saturated heterocycles. The van der Waals surface area contributed by atoms with E-state index < -0.39 is 8.32 Å². The van der Waals surface area contributed by atoms with Gasteiger partial charge in [0.1, 0.15) is 0 Å². The maximum Gasteiger partial charge on any atom is 0.192 e. The molecule has 0 aromatic rings. The van der Waals surface area contributed by atoms with Crippen LogP contribution in [0.25, 0.3) is 0 Å². The molecule has 1 N–H and O–H groups in total. The summed E-state index contributed by atoms with van der Waals surface area (Å²) in [6.45, 7) is 14.4. The van der Waals surface area contributed by atoms with E-state index in [2.05, 4.69) is 40.8 Å². The van der Waals surface area contributed by atoms with E-state index in [1.54, 1.807) is 0 Å². The highest BCUT2D eigenvalue weighted by atomic mass is 28.4. The topological polar surface area (TPSA) is 38.7 Å². The summed E-state index contributed by atoms with van der Waals surface area (Å²) in [5.41, 5.74) is -0.317. The highest BCUT2D eigenvalue weighted by Crippen LogP contribution is 2.41. The van der Waals surface area contributed by atoms with Crippen LogP contribution >= 0.6 is 0 Å². The molecule has 1 fully saturated rings. The first-order valence-electron chi connectivity index (χ1n) is 7.05. The lowest BCUT2D eigenvalue weighted by Gasteiger charge is -2.47. The van der Waals surface area contributed by atoms with Gasteiger partial charge in [-0.25, -0.2) is 0 Å². The van der Waals surface area contributed by atoms with E-state index in [-0.39, 0.29) is 23.4 Å². The molecular formula is C14H30O3Si. The second-order valence-electron chi connectivity index (χ2n) is 7.14. The zero-order valence-electron chi connectivity index (χ0n) is 12.9. The molecule has 0 unspecified atom stereocenters. The Balaban J connectivity index is 2.80. The summed E-state index contributed by atoms with van der Waals surface area (Å²) in [4.78, 5) is 0. The van der Waals surface area contributed by atoms with Crippen LogP contribution in [0.5, 0.6) is 0 Å². The van der Waals surface area contributed by atoms with Gasteiger partial charge in [-0.1, -0.05) is 20.8 Å². The second-order valence-corrected chi connectivity index (χ2v) is 11.9. The molecule has 4 heteroatoms. The van der Waals surface area contributed by atoms with Crippen molar-refractivity contribution in [2.24, 2.45) is 0 Å². The Morgan fingerprint density at radius 1 is 1.39 bits per heavy atom. The Hall–Kier alpha value is 0.0969. The highest BCUT2D eigenvalue weighted by molar-refractivity contribution is 6.74. The normalized spacial score (nSPS) is 30.5. The standard InChI is InChI=1S/C14H30O3Si/c1-13(2,3)18(5,6)17-12-8-7-11-16-14(12,4)9-10-15/h12,15H,7-11H2,1-6H3/t12-,14+/m1/s1. The minimum absolute atomic E-state index is 0.124. The number of hydrogen-bond acceptors (Lipinski definition) is 3. The zero-order valence-corrected chi connectivity index (χ0v) is 13.9. The Kier molecular flexibility index (Phi) is 5.04. The van der Waals surface area contributed by atoms with Crippen molar-refractivity contribution in [3.63, 3.8) is 0 Å². The molecule has 3 nitrogen and oxygen atoms in total. The molecule has 0 spiro atoms. The molecule has 0 saturated carbocycles. The fourth-order valence-corrected chi connectivity index (χ4v) is 3.58. The number of hydrogen-bond donors (Lipinski definition) is 1. The molecule has 18 heavy (non-hydrogen) atoms. The van der Waals surface area contributed by atoms with Gasteiger partial charge >= 0.3 is 0 Å². The molecule has 0 aliphatic carbocycles. The van der Waals surface area contributed by atoms with Crippen LogP contribution in [-0.2, 0) is 9.16 Å². The quantitative estimate of drug-likeness (QED) is 0.799. The average molecular weight is 274 g/mol. The van der Waals surface area contributed by atoms with Gasteiger partial charge in [-0.05, 0) is 37.9 Å². The van der Waals surface area contributed by atoms with E-state index >= 15 is 0 Å². The van der Waals surface area contributed by atoms with E-state index in [9.17, 15) is 5.11 Å². The molecule has 1 heterocycles. The van der Waals surface area contributed by atoms with Crippen LogP contribution in [-0.4, -0.2) is 38.3 Å². The summed E-state index contributed by atoms with van der Waals surface area (Å²) in [5, 5.41) is 9.45. The van der Waals surface area contributed by atoms with Crippen molar-refractivity contribution < 1.29 is 14.3 Å². The van der Waals surface area contributed by atoms with Crippen molar-refractivity contribution in [2.75, 3.05) is 13.2 Å². The van der Waals surface area contributed by atoms with Gasteiger partial charge in [0.25, 0.3) is 0 Å². The lowest BCUT2D eigenvalue weighted by atomic mass is 9.90. The number of aliphatic hydroxyl groups is 1. The van der Waals surface area contributed by atoms with Crippen LogP contribution in [0.2, 0.25) is 18.1 Å². The third-order valence-electron chi connectivity index (χ3n) is 4.57. The van der Waals surface area contributed by atoms with E-state index in [1.165, 1.54) is 0 Å². The van der Waals surface area contributed by atoms with Gasteiger partial charge in [0.2, 0.25) is 0 Å². The molecule has 1 rings (SSSR count). The first-order chi connectivity index (χ1) is 8.12. The number of ether oxygens (including phenoxy) is 1. The summed E-state index contributed by atoms with van der Waals surface area (Å²) in [6.07, 6.45) is 2.88. The zero-order chi connectivity index (χ0) is 14.0. The van der Waals surface area contributed by atoms with Gasteiger partial charge in [-0.2, -0.15) is 0 Å². The summed E-state index contributed by atoms with van der Waals surface area (Å²) in [7, 11) is -1.77. The van der Waals surface area contributed by atoms with Crippen molar-refractivity contribution in [3.05, 3.63) is 0 Å². The average Bonchev–Trinajstić information content (AvgIpc) is 2.20. The molecule has 0 bridgehead atoms. The molecule has 0 amide bonds. The minimum Gasteiger partial charge on any atom is -0.411 e. The van der Waals surface area contributed by atoms with Crippen molar-refractivity contribution in [2.45, 2.75) is 76.8 Å². The number of aliphatic hydroxyl groups excluding tert-OH is 1. The molecule has 0 aromatic heterocycles. The van der Waals surface area contributed by atoms with Crippen LogP contribution < -0.4 is 0 Å². The fraction of sp³-hybridized carbons (Fsp3) is 1.00. The molecule has 0 aromatic carbocycles. The summed E-state index contributed by atoms with van der Waals surface area (Å²) < 4.78 is 12.4. The second kappa shape index (κ2) is 5.61. The van der Waals surface area contributed by atoms with Crippen molar-refractivity contribution in [1.82, 2.24) is 0 Å². The third-order valence-corrected chi connectivity index (χ3v) is 9.06. The van der Waals surface area contributed by atoms with E-state index in [0.717, 1.165) is 19.4 Å². The van der Waals surface area contributed by atoms with Crippen LogP contribution in [0.3, 0.4) is 0 Å². The van der Waals surface area contributed by atoms with Gasteiger partial charge in [-0.15, -0.1) is 0 Å². The van der Waals surface area contributed by atoms with Gasteiger partial charge in [0, 0.05) is 19.6 Å². The minimum atomic E-state index is -1.77. The largest absolute Gasteiger partial charge is 0.411 e. The summed E-state index contributed by atoms with van der Waals surface area (Å²) in [6, 6.07) is 0. The van der Waals surface area contributed by atoms with Crippen molar-refractivity contribution in [1.29, 1.82) is 0 Å². The third kappa shape index (κ3) is 3.56. The number of rotatable bonds is 4. The van der Waals surface area contributed by atoms with Crippen LogP contribution in [0, 0.1) is 0 Å². The van der Waals surface area contributed by atoms with Gasteiger partial charge in [0.15, 0.2) is 8.32 Å². The Morgan fingerprint density at radius 3 is 2.50 bits per heavy atom. The van der Waals surface area contributed by atoms with Crippen LogP contribution in [0.1, 0.15) is 47.0 Å². The molecule has 1 aliphatic heterocycles. The molecular weight excluding hydrogens is 244 g/mol. The first-order valence-corrected chi connectivity index (χ1v) is 9.96. The lowest BCUT2D eigenvalue weighted by Crippen LogP contribution is -2.54. The Morgan fingerprint density at radius 2 is 2.00 bits per heavy atom. The van der Waals surface area contributed by atoms with Crippen molar-refractivity contribution >= 4 is 8.32 Å². The van der Waals surface area contributed by atoms with Crippen molar-refractivity contribution in [3.8, 4) is 0 Å². The lowest BCUT2D eigenvalue weighted by molar-refractivity contribution is -0.145. The monoisotopic (exact) mass is 274 g/mol.